The molecule has 4 aliphatic carbocycles. The number of rotatable bonds is 6. The highest BCUT2D eigenvalue weighted by atomic mass is 32.2. The SMILES string of the molecule is C=C[C@H]1C[C@]1(NC(=O)[C@@H]1C[C@@H]2C[C@H]1C(=O)NNC(=O)NC/C=C/COc1ccc3c(c1)/C(=N\O2)c1ccccc1-3)C(=O)NS(=O)(=O)C1CC1. The number of hydrogen-bond acceptors (Lipinski definition) is 9. The minimum Gasteiger partial charge on any atom is -0.490 e. The molecule has 5 atom stereocenters. The fourth-order valence-corrected chi connectivity index (χ4v) is 8.09. The van der Waals surface area contributed by atoms with E-state index < -0.39 is 68.4 Å². The number of hydrogen-bond donors (Lipinski definition) is 5. The standard InChI is InChI=1S/C34H36N6O8S/c1-2-19-18-34(19,32(43)40-49(45,46)22-10-11-22)36-30(41)27-16-21-17-28(27)31(42)37-38-33(44)35-13-5-6-14-47-20-9-12-24-23-7-3-4-8-25(23)29(39-48-21)26(24)15-20/h2-9,12,15,19,21-22,27-28H,1,10-11,13-14,16-18H2,(H,36,41)(H,37,42)(H,40,43)(H2,35,38,44)/b6-5+,39-29-/t19-,21+,27+,28+,34+/m0/s1. The highest BCUT2D eigenvalue weighted by Crippen LogP contribution is 2.46. The third kappa shape index (κ3) is 6.37. The van der Waals surface area contributed by atoms with Crippen molar-refractivity contribution in [2.45, 2.75) is 49.0 Å². The zero-order chi connectivity index (χ0) is 34.3. The summed E-state index contributed by atoms with van der Waals surface area (Å²) < 4.78 is 33.2. The highest BCUT2D eigenvalue weighted by molar-refractivity contribution is 7.91. The molecule has 14 nitrogen and oxygen atoms in total. The van der Waals surface area contributed by atoms with E-state index in [4.69, 9.17) is 9.57 Å². The predicted molar refractivity (Wildman–Crippen MR) is 177 cm³/mol. The Hall–Kier alpha value is -5.18. The van der Waals surface area contributed by atoms with Crippen LogP contribution in [0.15, 0.2) is 72.4 Å². The number of carbonyl (C=O) groups is 4. The van der Waals surface area contributed by atoms with E-state index in [9.17, 15) is 27.6 Å². The van der Waals surface area contributed by atoms with Gasteiger partial charge in [0.15, 0.2) is 0 Å². The van der Waals surface area contributed by atoms with Crippen LogP contribution in [0.25, 0.3) is 11.1 Å². The van der Waals surface area contributed by atoms with Crippen molar-refractivity contribution >= 4 is 39.5 Å². The number of carbonyl (C=O) groups excluding carboxylic acids is 4. The molecule has 0 aromatic heterocycles. The quantitative estimate of drug-likeness (QED) is 0.242. The van der Waals surface area contributed by atoms with E-state index in [-0.39, 0.29) is 32.4 Å². The van der Waals surface area contributed by atoms with Gasteiger partial charge in [-0.3, -0.25) is 24.5 Å². The molecule has 3 fully saturated rings. The number of nitrogens with zero attached hydrogens (tertiary/aromatic N) is 1. The number of amides is 5. The van der Waals surface area contributed by atoms with E-state index in [1.807, 2.05) is 42.5 Å². The van der Waals surface area contributed by atoms with E-state index in [1.54, 1.807) is 12.2 Å². The first-order chi connectivity index (χ1) is 23.6. The van der Waals surface area contributed by atoms with Crippen molar-refractivity contribution in [3.63, 3.8) is 0 Å². The van der Waals surface area contributed by atoms with Crippen LogP contribution in [0.1, 0.15) is 43.2 Å². The molecular weight excluding hydrogens is 652 g/mol. The second-order valence-electron chi connectivity index (χ2n) is 12.9. The van der Waals surface area contributed by atoms with Gasteiger partial charge in [0.25, 0.3) is 5.91 Å². The Balaban J connectivity index is 1.16. The number of nitrogens with one attached hydrogen (secondary N) is 5. The normalized spacial score (nSPS) is 29.3. The van der Waals surface area contributed by atoms with Crippen LogP contribution in [0.2, 0.25) is 0 Å². The maximum Gasteiger partial charge on any atom is 0.333 e. The van der Waals surface area contributed by atoms with Gasteiger partial charge in [-0.25, -0.2) is 18.6 Å². The molecule has 0 radical (unpaired) electrons. The number of ether oxygens (including phenoxy) is 1. The van der Waals surface area contributed by atoms with Crippen LogP contribution in [-0.2, 0) is 29.2 Å². The fourth-order valence-electron chi connectivity index (χ4n) is 6.73. The molecule has 3 saturated carbocycles. The summed E-state index contributed by atoms with van der Waals surface area (Å²) in [4.78, 5) is 59.1. The monoisotopic (exact) mass is 688 g/mol. The molecule has 49 heavy (non-hydrogen) atoms. The van der Waals surface area contributed by atoms with Gasteiger partial charge in [0.2, 0.25) is 21.8 Å². The molecule has 2 aromatic rings. The number of hydrazine groups is 1. The largest absolute Gasteiger partial charge is 0.490 e. The Labute approximate surface area is 282 Å². The fraction of sp³-hybridized carbons (Fsp3) is 0.382. The highest BCUT2D eigenvalue weighted by Gasteiger charge is 2.62. The molecule has 0 unspecified atom stereocenters. The van der Waals surface area contributed by atoms with Gasteiger partial charge in [0.05, 0.1) is 17.1 Å². The molecule has 0 spiro atoms. The molecule has 5 aliphatic rings. The average Bonchev–Trinajstić information content (AvgIpc) is 4.00. The third-order valence-corrected chi connectivity index (χ3v) is 11.5. The molecule has 4 bridgehead atoms. The molecule has 7 rings (SSSR count). The van der Waals surface area contributed by atoms with Gasteiger partial charge < -0.3 is 20.2 Å². The molecule has 256 valence electrons. The molecule has 0 saturated heterocycles. The summed E-state index contributed by atoms with van der Waals surface area (Å²) in [7, 11) is -3.87. The number of urea groups is 1. The van der Waals surface area contributed by atoms with E-state index in [2.05, 4.69) is 37.9 Å². The smallest absolute Gasteiger partial charge is 0.333 e. The van der Waals surface area contributed by atoms with Gasteiger partial charge in [-0.15, -0.1) is 6.58 Å². The van der Waals surface area contributed by atoms with Crippen molar-refractivity contribution in [3.8, 4) is 16.9 Å². The van der Waals surface area contributed by atoms with E-state index in [1.165, 1.54) is 6.08 Å². The van der Waals surface area contributed by atoms with Crippen molar-refractivity contribution in [1.29, 1.82) is 0 Å². The van der Waals surface area contributed by atoms with Gasteiger partial charge in [-0.1, -0.05) is 41.6 Å². The molecule has 5 N–H and O–H groups in total. The summed E-state index contributed by atoms with van der Waals surface area (Å²) in [5, 5.41) is 9.28. The Morgan fingerprint density at radius 3 is 2.53 bits per heavy atom. The van der Waals surface area contributed by atoms with Gasteiger partial charge in [0, 0.05) is 23.6 Å². The second-order valence-corrected chi connectivity index (χ2v) is 14.9. The molecular formula is C34H36N6O8S. The lowest BCUT2D eigenvalue weighted by molar-refractivity contribution is -0.136. The Morgan fingerprint density at radius 2 is 1.78 bits per heavy atom. The zero-order valence-electron chi connectivity index (χ0n) is 26.4. The summed E-state index contributed by atoms with van der Waals surface area (Å²) >= 11 is 0. The van der Waals surface area contributed by atoms with Gasteiger partial charge in [-0.05, 0) is 67.5 Å². The minimum absolute atomic E-state index is 0.0617. The Bertz CT molecular complexity index is 1910. The molecule has 1 aliphatic heterocycles. The zero-order valence-corrected chi connectivity index (χ0v) is 27.3. The lowest BCUT2D eigenvalue weighted by Gasteiger charge is -2.23. The van der Waals surface area contributed by atoms with Gasteiger partial charge in [-0.2, -0.15) is 0 Å². The number of oxime groups is 1. The first kappa shape index (κ1) is 32.4. The first-order valence-corrected chi connectivity index (χ1v) is 17.7. The number of fused-ring (bicyclic) bond motifs is 6. The first-order valence-electron chi connectivity index (χ1n) is 16.2. The molecule has 1 heterocycles. The summed E-state index contributed by atoms with van der Waals surface area (Å²) in [6, 6.07) is 12.8. The molecule has 5 amide bonds. The van der Waals surface area contributed by atoms with Crippen LogP contribution in [0.5, 0.6) is 5.75 Å². The van der Waals surface area contributed by atoms with Crippen LogP contribution in [0, 0.1) is 17.8 Å². The van der Waals surface area contributed by atoms with E-state index in [0.717, 1.165) is 22.3 Å². The predicted octanol–water partition coefficient (Wildman–Crippen LogP) is 1.78. The summed E-state index contributed by atoms with van der Waals surface area (Å²) in [6.45, 7) is 4.16. The van der Waals surface area contributed by atoms with E-state index >= 15 is 0 Å². The Morgan fingerprint density at radius 1 is 1.00 bits per heavy atom. The Kier molecular flexibility index (Phi) is 8.38. The topological polar surface area (TPSA) is 193 Å². The summed E-state index contributed by atoms with van der Waals surface area (Å²) in [5.74, 6) is -3.96. The number of sulfonamides is 1. The lowest BCUT2D eigenvalue weighted by atomic mass is 9.94. The van der Waals surface area contributed by atoms with Crippen molar-refractivity contribution < 1.29 is 37.2 Å². The van der Waals surface area contributed by atoms with Crippen molar-refractivity contribution in [2.75, 3.05) is 13.2 Å². The van der Waals surface area contributed by atoms with Crippen LogP contribution in [0.3, 0.4) is 0 Å². The van der Waals surface area contributed by atoms with Crippen LogP contribution in [-0.4, -0.2) is 67.9 Å². The molecule has 2 aromatic carbocycles. The molecule has 15 heteroatoms. The summed E-state index contributed by atoms with van der Waals surface area (Å²) in [5.41, 5.74) is 7.33. The minimum atomic E-state index is -3.87. The van der Waals surface area contributed by atoms with Crippen molar-refractivity contribution in [1.82, 2.24) is 26.2 Å². The van der Waals surface area contributed by atoms with Gasteiger partial charge in [0.1, 0.15) is 29.7 Å². The van der Waals surface area contributed by atoms with E-state index in [0.29, 0.717) is 24.3 Å². The maximum absolute atomic E-state index is 13.9. The van der Waals surface area contributed by atoms with Crippen LogP contribution in [0.4, 0.5) is 4.79 Å². The van der Waals surface area contributed by atoms with Crippen LogP contribution < -0.4 is 30.9 Å². The lowest BCUT2D eigenvalue weighted by Crippen LogP contribution is -2.55. The average molecular weight is 689 g/mol. The maximum atomic E-state index is 13.9. The summed E-state index contributed by atoms with van der Waals surface area (Å²) in [6.07, 6.45) is 5.48. The van der Waals surface area contributed by atoms with Gasteiger partial charge >= 0.3 is 6.03 Å². The van der Waals surface area contributed by atoms with Crippen molar-refractivity contribution in [2.24, 2.45) is 22.9 Å². The number of benzene rings is 2. The third-order valence-electron chi connectivity index (χ3n) is 9.65. The van der Waals surface area contributed by atoms with Crippen molar-refractivity contribution in [3.05, 3.63) is 78.4 Å². The second kappa shape index (κ2) is 12.7. The van der Waals surface area contributed by atoms with Crippen LogP contribution >= 0.6 is 0 Å².